The number of nitrogens with zero attached hydrogens (tertiary/aromatic N) is 1. The molecule has 6 nitrogen and oxygen atoms in total. The molecule has 106 valence electrons. The summed E-state index contributed by atoms with van der Waals surface area (Å²) < 4.78 is 25.6. The van der Waals surface area contributed by atoms with Gasteiger partial charge in [-0.2, -0.15) is 0 Å². The number of carbonyl (C=O) groups is 1. The van der Waals surface area contributed by atoms with E-state index in [2.05, 4.69) is 5.32 Å². The molecule has 2 N–H and O–H groups in total. The van der Waals surface area contributed by atoms with E-state index in [9.17, 15) is 13.2 Å². The summed E-state index contributed by atoms with van der Waals surface area (Å²) in [6.07, 6.45) is 1.78. The molecule has 0 bridgehead atoms. The van der Waals surface area contributed by atoms with E-state index in [1.54, 1.807) is 13.8 Å². The first-order valence-corrected chi connectivity index (χ1v) is 7.76. The molecule has 0 aromatic heterocycles. The van der Waals surface area contributed by atoms with Crippen LogP contribution in [0.25, 0.3) is 0 Å². The lowest BCUT2D eigenvalue weighted by atomic mass is 10.00. The van der Waals surface area contributed by atoms with Crippen LogP contribution in [0, 0.1) is 5.92 Å². The molecule has 0 aromatic carbocycles. The predicted molar refractivity (Wildman–Crippen MR) is 68.9 cm³/mol. The van der Waals surface area contributed by atoms with Gasteiger partial charge in [-0.15, -0.1) is 0 Å². The van der Waals surface area contributed by atoms with Gasteiger partial charge in [-0.3, -0.25) is 4.79 Å². The molecule has 1 aliphatic rings. The Balaban J connectivity index is 2.49. The fraction of sp³-hybridized carbons (Fsp3) is 0.909. The maximum Gasteiger partial charge on any atom is 0.317 e. The summed E-state index contributed by atoms with van der Waals surface area (Å²) in [7, 11) is -3.19. The minimum Gasteiger partial charge on any atom is -0.480 e. The Hall–Kier alpha value is -0.660. The van der Waals surface area contributed by atoms with Gasteiger partial charge in [-0.1, -0.05) is 0 Å². The fourth-order valence-corrected chi connectivity index (χ4v) is 3.50. The minimum absolute atomic E-state index is 0.0760. The van der Waals surface area contributed by atoms with E-state index in [4.69, 9.17) is 5.11 Å². The molecule has 1 aliphatic heterocycles. The van der Waals surface area contributed by atoms with E-state index in [0.717, 1.165) is 12.8 Å². The van der Waals surface area contributed by atoms with Gasteiger partial charge in [0.05, 0.1) is 11.8 Å². The Morgan fingerprint density at radius 1 is 1.50 bits per heavy atom. The first kappa shape index (κ1) is 15.4. The summed E-state index contributed by atoms with van der Waals surface area (Å²) >= 11 is 0. The molecule has 0 amide bonds. The second kappa shape index (κ2) is 6.49. The van der Waals surface area contributed by atoms with Crippen LogP contribution in [0.15, 0.2) is 0 Å². The monoisotopic (exact) mass is 278 g/mol. The van der Waals surface area contributed by atoms with Crippen LogP contribution in [-0.4, -0.2) is 55.2 Å². The molecular weight excluding hydrogens is 256 g/mol. The number of hydrogen-bond acceptors (Lipinski definition) is 4. The molecule has 18 heavy (non-hydrogen) atoms. The van der Waals surface area contributed by atoms with Gasteiger partial charge in [0.15, 0.2) is 0 Å². The van der Waals surface area contributed by atoms with Crippen LogP contribution in [0.5, 0.6) is 0 Å². The zero-order chi connectivity index (χ0) is 13.8. The highest BCUT2D eigenvalue weighted by molar-refractivity contribution is 7.89. The molecule has 0 aromatic rings. The average Bonchev–Trinajstić information content (AvgIpc) is 2.28. The Bertz CT molecular complexity index is 381. The van der Waals surface area contributed by atoms with Crippen LogP contribution in [0.4, 0.5) is 0 Å². The van der Waals surface area contributed by atoms with E-state index >= 15 is 0 Å². The highest BCUT2D eigenvalue weighted by Crippen LogP contribution is 2.20. The van der Waals surface area contributed by atoms with Gasteiger partial charge in [0.1, 0.15) is 0 Å². The first-order valence-electron chi connectivity index (χ1n) is 6.25. The number of rotatable bonds is 6. The number of hydrogen-bond donors (Lipinski definition) is 2. The number of sulfonamides is 1. The third-order valence-electron chi connectivity index (χ3n) is 3.15. The van der Waals surface area contributed by atoms with Gasteiger partial charge >= 0.3 is 5.97 Å². The predicted octanol–water partition coefficient (Wildman–Crippen LogP) is 0.111. The van der Waals surface area contributed by atoms with Gasteiger partial charge in [-0.05, 0) is 39.2 Å². The maximum atomic E-state index is 12.0. The highest BCUT2D eigenvalue weighted by Gasteiger charge is 2.30. The van der Waals surface area contributed by atoms with Crippen LogP contribution in [0.1, 0.15) is 26.7 Å². The van der Waals surface area contributed by atoms with Gasteiger partial charge in [0, 0.05) is 13.1 Å². The van der Waals surface area contributed by atoms with Crippen LogP contribution < -0.4 is 5.32 Å². The van der Waals surface area contributed by atoms with Gasteiger partial charge in [-0.25, -0.2) is 12.7 Å². The normalized spacial score (nSPS) is 22.3. The zero-order valence-electron chi connectivity index (χ0n) is 10.9. The van der Waals surface area contributed by atoms with Gasteiger partial charge in [0.2, 0.25) is 10.0 Å². The topological polar surface area (TPSA) is 86.7 Å². The van der Waals surface area contributed by atoms with Crippen LogP contribution in [0.3, 0.4) is 0 Å². The third kappa shape index (κ3) is 4.22. The van der Waals surface area contributed by atoms with Crippen molar-refractivity contribution in [2.24, 2.45) is 5.92 Å². The van der Waals surface area contributed by atoms with E-state index in [1.165, 1.54) is 4.31 Å². The summed E-state index contributed by atoms with van der Waals surface area (Å²) in [6.45, 7) is 4.91. The molecule has 0 radical (unpaired) electrons. The first-order chi connectivity index (χ1) is 8.34. The molecule has 1 atom stereocenters. The highest BCUT2D eigenvalue weighted by atomic mass is 32.2. The van der Waals surface area contributed by atoms with Crippen molar-refractivity contribution < 1.29 is 18.3 Å². The molecule has 0 saturated carbocycles. The summed E-state index contributed by atoms with van der Waals surface area (Å²) in [5.41, 5.74) is 0. The lowest BCUT2D eigenvalue weighted by Gasteiger charge is -2.33. The van der Waals surface area contributed by atoms with Crippen molar-refractivity contribution >= 4 is 16.0 Å². The summed E-state index contributed by atoms with van der Waals surface area (Å²) in [6, 6.07) is 0. The lowest BCUT2D eigenvalue weighted by Crippen LogP contribution is -2.45. The number of carboxylic acids is 1. The second-order valence-corrected chi connectivity index (χ2v) is 7.47. The van der Waals surface area contributed by atoms with Crippen molar-refractivity contribution in [2.75, 3.05) is 26.2 Å². The van der Waals surface area contributed by atoms with Crippen molar-refractivity contribution in [2.45, 2.75) is 31.9 Å². The second-order valence-electron chi connectivity index (χ2n) is 4.98. The summed E-state index contributed by atoms with van der Waals surface area (Å²) in [5, 5.41) is 11.0. The van der Waals surface area contributed by atoms with Crippen molar-refractivity contribution in [3.63, 3.8) is 0 Å². The molecule has 1 fully saturated rings. The lowest BCUT2D eigenvalue weighted by molar-refractivity contribution is -0.136. The number of carboxylic acid groups (broad SMARTS) is 1. The van der Waals surface area contributed by atoms with Crippen molar-refractivity contribution in [1.82, 2.24) is 9.62 Å². The molecule has 7 heteroatoms. The summed E-state index contributed by atoms with van der Waals surface area (Å²) in [5.74, 6) is -0.691. The Morgan fingerprint density at radius 2 is 2.17 bits per heavy atom. The Kier molecular flexibility index (Phi) is 5.55. The van der Waals surface area contributed by atoms with E-state index in [0.29, 0.717) is 19.6 Å². The molecular formula is C11H22N2O4S. The minimum atomic E-state index is -3.19. The fourth-order valence-electron chi connectivity index (χ4n) is 2.11. The van der Waals surface area contributed by atoms with E-state index < -0.39 is 21.2 Å². The Labute approximate surface area is 108 Å². The van der Waals surface area contributed by atoms with Crippen molar-refractivity contribution in [3.05, 3.63) is 0 Å². The number of nitrogens with one attached hydrogen (secondary N) is 1. The molecule has 1 heterocycles. The SMILES string of the molecule is CC(C)S(=O)(=O)N1CCCC(CNCC(=O)O)C1. The number of piperidine rings is 1. The van der Waals surface area contributed by atoms with Crippen molar-refractivity contribution in [3.8, 4) is 0 Å². The molecule has 1 rings (SSSR count). The van der Waals surface area contributed by atoms with E-state index in [1.807, 2.05) is 0 Å². The third-order valence-corrected chi connectivity index (χ3v) is 5.39. The maximum absolute atomic E-state index is 12.0. The smallest absolute Gasteiger partial charge is 0.317 e. The molecule has 0 spiro atoms. The van der Waals surface area contributed by atoms with Crippen LogP contribution in [-0.2, 0) is 14.8 Å². The van der Waals surface area contributed by atoms with Gasteiger partial charge in [0.25, 0.3) is 0 Å². The average molecular weight is 278 g/mol. The quantitative estimate of drug-likeness (QED) is 0.720. The zero-order valence-corrected chi connectivity index (χ0v) is 11.7. The summed E-state index contributed by atoms with van der Waals surface area (Å²) in [4.78, 5) is 10.4. The standard InChI is InChI=1S/C11H22N2O4S/c1-9(2)18(16,17)13-5-3-4-10(8-13)6-12-7-11(14)15/h9-10,12H,3-8H2,1-2H3,(H,14,15). The Morgan fingerprint density at radius 3 is 2.72 bits per heavy atom. The molecule has 0 aliphatic carbocycles. The largest absolute Gasteiger partial charge is 0.480 e. The molecule has 1 saturated heterocycles. The van der Waals surface area contributed by atoms with E-state index in [-0.39, 0.29) is 12.5 Å². The van der Waals surface area contributed by atoms with Gasteiger partial charge < -0.3 is 10.4 Å². The van der Waals surface area contributed by atoms with Crippen LogP contribution in [0.2, 0.25) is 0 Å². The van der Waals surface area contributed by atoms with Crippen molar-refractivity contribution in [1.29, 1.82) is 0 Å². The van der Waals surface area contributed by atoms with Crippen LogP contribution >= 0.6 is 0 Å². The molecule has 1 unspecified atom stereocenters. The number of aliphatic carboxylic acids is 1.